The van der Waals surface area contributed by atoms with Crippen molar-refractivity contribution in [1.29, 1.82) is 0 Å². The number of hydrogen-bond acceptors (Lipinski definition) is 5. The van der Waals surface area contributed by atoms with E-state index in [4.69, 9.17) is 4.42 Å². The Bertz CT molecular complexity index is 1030. The Kier molecular flexibility index (Phi) is 7.36. The summed E-state index contributed by atoms with van der Waals surface area (Å²) in [6, 6.07) is 19.6. The number of anilines is 1. The van der Waals surface area contributed by atoms with E-state index in [1.54, 1.807) is 18.4 Å². The van der Waals surface area contributed by atoms with Gasteiger partial charge in [0.1, 0.15) is 11.6 Å². The van der Waals surface area contributed by atoms with Crippen molar-refractivity contribution in [2.24, 2.45) is 0 Å². The van der Waals surface area contributed by atoms with Crippen molar-refractivity contribution >= 4 is 17.5 Å². The van der Waals surface area contributed by atoms with Gasteiger partial charge in [-0.1, -0.05) is 30.3 Å². The number of halogens is 1. The van der Waals surface area contributed by atoms with Crippen molar-refractivity contribution in [2.75, 3.05) is 37.6 Å². The van der Waals surface area contributed by atoms with Crippen LogP contribution in [0.5, 0.6) is 0 Å². The summed E-state index contributed by atoms with van der Waals surface area (Å²) in [4.78, 5) is 29.2. The topological polar surface area (TPSA) is 77.8 Å². The lowest BCUT2D eigenvalue weighted by atomic mass is 10.1. The molecular weight excluding hydrogens is 423 g/mol. The maximum absolute atomic E-state index is 13.0. The lowest BCUT2D eigenvalue weighted by molar-refractivity contribution is -0.139. The zero-order valence-electron chi connectivity index (χ0n) is 18.2. The molecule has 0 bridgehead atoms. The van der Waals surface area contributed by atoms with Gasteiger partial charge in [0, 0.05) is 45.0 Å². The summed E-state index contributed by atoms with van der Waals surface area (Å²) in [6.45, 7) is 3.71. The van der Waals surface area contributed by atoms with Gasteiger partial charge >= 0.3 is 11.8 Å². The smallest absolute Gasteiger partial charge is 0.309 e. The van der Waals surface area contributed by atoms with E-state index in [1.165, 1.54) is 17.8 Å². The molecule has 2 aromatic carbocycles. The number of para-hydroxylation sites is 1. The maximum Gasteiger partial charge on any atom is 0.309 e. The summed E-state index contributed by atoms with van der Waals surface area (Å²) in [6.07, 6.45) is 1.61. The van der Waals surface area contributed by atoms with E-state index in [9.17, 15) is 14.0 Å². The van der Waals surface area contributed by atoms with E-state index in [0.29, 0.717) is 5.56 Å². The Labute approximate surface area is 192 Å². The number of amides is 2. The van der Waals surface area contributed by atoms with Gasteiger partial charge in [-0.05, 0) is 42.0 Å². The highest BCUT2D eigenvalue weighted by Crippen LogP contribution is 2.24. The number of hydrogen-bond donors (Lipinski definition) is 2. The minimum Gasteiger partial charge on any atom is -0.468 e. The highest BCUT2D eigenvalue weighted by Gasteiger charge is 2.28. The molecule has 2 N–H and O–H groups in total. The molecule has 1 aromatic heterocycles. The van der Waals surface area contributed by atoms with E-state index in [0.717, 1.165) is 31.9 Å². The van der Waals surface area contributed by atoms with Crippen molar-refractivity contribution < 1.29 is 18.4 Å². The van der Waals surface area contributed by atoms with Crippen LogP contribution in [0.3, 0.4) is 0 Å². The van der Waals surface area contributed by atoms with Crippen LogP contribution >= 0.6 is 0 Å². The first kappa shape index (κ1) is 22.5. The number of furan rings is 1. The fourth-order valence-corrected chi connectivity index (χ4v) is 3.96. The van der Waals surface area contributed by atoms with E-state index < -0.39 is 11.8 Å². The van der Waals surface area contributed by atoms with Crippen LogP contribution in [0.2, 0.25) is 0 Å². The molecular formula is C25H27FN4O3. The van der Waals surface area contributed by atoms with E-state index in [1.807, 2.05) is 30.3 Å². The number of nitrogens with zero attached hydrogens (tertiary/aromatic N) is 2. The molecule has 8 heteroatoms. The third-order valence-electron chi connectivity index (χ3n) is 5.78. The van der Waals surface area contributed by atoms with Gasteiger partial charge in [-0.2, -0.15) is 0 Å². The third-order valence-corrected chi connectivity index (χ3v) is 5.78. The molecule has 0 unspecified atom stereocenters. The van der Waals surface area contributed by atoms with E-state index >= 15 is 0 Å². The second kappa shape index (κ2) is 10.8. The number of nitrogens with one attached hydrogen (secondary N) is 2. The molecule has 1 aliphatic heterocycles. The Morgan fingerprint density at radius 1 is 0.879 bits per heavy atom. The summed E-state index contributed by atoms with van der Waals surface area (Å²) in [5, 5.41) is 5.29. The average molecular weight is 451 g/mol. The normalized spacial score (nSPS) is 15.1. The predicted molar refractivity (Wildman–Crippen MR) is 123 cm³/mol. The Hall–Kier alpha value is -3.65. The number of carbonyl (C=O) groups excluding carboxylic acids is 2. The van der Waals surface area contributed by atoms with Gasteiger partial charge in [0.15, 0.2) is 0 Å². The van der Waals surface area contributed by atoms with Gasteiger partial charge in [0.2, 0.25) is 0 Å². The zero-order valence-corrected chi connectivity index (χ0v) is 18.2. The van der Waals surface area contributed by atoms with Crippen LogP contribution in [0, 0.1) is 5.82 Å². The van der Waals surface area contributed by atoms with Crippen molar-refractivity contribution in [2.45, 2.75) is 12.6 Å². The molecule has 4 rings (SSSR count). The lowest BCUT2D eigenvalue weighted by Gasteiger charge is -2.39. The predicted octanol–water partition coefficient (Wildman–Crippen LogP) is 2.71. The van der Waals surface area contributed by atoms with Gasteiger partial charge in [-0.3, -0.25) is 14.5 Å². The molecule has 0 saturated carbocycles. The lowest BCUT2D eigenvalue weighted by Crippen LogP contribution is -2.50. The third kappa shape index (κ3) is 5.98. The van der Waals surface area contributed by atoms with Crippen LogP contribution in [0.1, 0.15) is 17.4 Å². The standard InChI is InChI=1S/C25H27FN4O3/c26-20-10-8-19(9-11-20)17-27-24(31)25(32)28-18-22(23-7-4-16-33-23)30-14-12-29(13-15-30)21-5-2-1-3-6-21/h1-11,16,22H,12-15,17-18H2,(H,27,31)(H,28,32)/t22-/m1/s1. The Balaban J connectivity index is 1.31. The van der Waals surface area contributed by atoms with Gasteiger partial charge < -0.3 is 20.0 Å². The average Bonchev–Trinajstić information content (AvgIpc) is 3.39. The van der Waals surface area contributed by atoms with Crippen molar-refractivity contribution in [3.8, 4) is 0 Å². The van der Waals surface area contributed by atoms with Gasteiger partial charge in [0.05, 0.1) is 12.3 Å². The molecule has 7 nitrogen and oxygen atoms in total. The number of piperazine rings is 1. The second-order valence-electron chi connectivity index (χ2n) is 7.91. The van der Waals surface area contributed by atoms with Crippen LogP contribution in [0.4, 0.5) is 10.1 Å². The first-order chi connectivity index (χ1) is 16.1. The molecule has 0 radical (unpaired) electrons. The summed E-state index contributed by atoms with van der Waals surface area (Å²) in [7, 11) is 0. The molecule has 172 valence electrons. The van der Waals surface area contributed by atoms with Crippen molar-refractivity contribution in [3.05, 3.63) is 90.1 Å². The maximum atomic E-state index is 13.0. The highest BCUT2D eigenvalue weighted by atomic mass is 19.1. The van der Waals surface area contributed by atoms with Crippen LogP contribution in [-0.2, 0) is 16.1 Å². The van der Waals surface area contributed by atoms with Crippen LogP contribution in [-0.4, -0.2) is 49.4 Å². The largest absolute Gasteiger partial charge is 0.468 e. The number of rotatable bonds is 7. The molecule has 3 aromatic rings. The van der Waals surface area contributed by atoms with Gasteiger partial charge in [0.25, 0.3) is 0 Å². The SMILES string of the molecule is O=C(NCc1ccc(F)cc1)C(=O)NC[C@H](c1ccco1)N1CCN(c2ccccc2)CC1. The Morgan fingerprint density at radius 2 is 1.58 bits per heavy atom. The Morgan fingerprint density at radius 3 is 2.24 bits per heavy atom. The van der Waals surface area contributed by atoms with Gasteiger partial charge in [-0.15, -0.1) is 0 Å². The molecule has 2 amide bonds. The van der Waals surface area contributed by atoms with E-state index in [-0.39, 0.29) is 24.9 Å². The monoisotopic (exact) mass is 450 g/mol. The summed E-state index contributed by atoms with van der Waals surface area (Å²) in [5.74, 6) is -1.05. The molecule has 1 atom stereocenters. The molecule has 2 heterocycles. The number of benzene rings is 2. The molecule has 0 spiro atoms. The summed E-state index contributed by atoms with van der Waals surface area (Å²) < 4.78 is 18.6. The molecule has 0 aliphatic carbocycles. The van der Waals surface area contributed by atoms with Crippen molar-refractivity contribution in [1.82, 2.24) is 15.5 Å². The van der Waals surface area contributed by atoms with Gasteiger partial charge in [-0.25, -0.2) is 4.39 Å². The van der Waals surface area contributed by atoms with Crippen LogP contribution in [0.25, 0.3) is 0 Å². The summed E-state index contributed by atoms with van der Waals surface area (Å²) >= 11 is 0. The highest BCUT2D eigenvalue weighted by molar-refractivity contribution is 6.35. The molecule has 1 aliphatic rings. The molecule has 1 fully saturated rings. The van der Waals surface area contributed by atoms with E-state index in [2.05, 4.69) is 32.6 Å². The minimum absolute atomic E-state index is 0.148. The molecule has 1 saturated heterocycles. The first-order valence-corrected chi connectivity index (χ1v) is 11.0. The first-order valence-electron chi connectivity index (χ1n) is 11.0. The van der Waals surface area contributed by atoms with Crippen LogP contribution < -0.4 is 15.5 Å². The second-order valence-corrected chi connectivity index (χ2v) is 7.91. The fraction of sp³-hybridized carbons (Fsp3) is 0.280. The quantitative estimate of drug-likeness (QED) is 0.542. The fourth-order valence-electron chi connectivity index (χ4n) is 3.96. The zero-order chi connectivity index (χ0) is 23.0. The summed E-state index contributed by atoms with van der Waals surface area (Å²) in [5.41, 5.74) is 1.90. The number of carbonyl (C=O) groups is 2. The van der Waals surface area contributed by atoms with Crippen molar-refractivity contribution in [3.63, 3.8) is 0 Å². The van der Waals surface area contributed by atoms with Crippen LogP contribution in [0.15, 0.2) is 77.4 Å². The minimum atomic E-state index is -0.730. The molecule has 33 heavy (non-hydrogen) atoms.